The minimum atomic E-state index is -3.60. The number of benzene rings is 2. The molecule has 8 heteroatoms. The topological polar surface area (TPSA) is 81.5 Å². The van der Waals surface area contributed by atoms with Crippen LogP contribution in [0.25, 0.3) is 11.3 Å². The monoisotopic (exact) mass is 495 g/mol. The number of carbonyl (C=O) groups excluding carboxylic acids is 1. The number of hydrogen-bond acceptors (Lipinski definition) is 5. The van der Waals surface area contributed by atoms with E-state index in [0.29, 0.717) is 18.0 Å². The molecule has 7 nitrogen and oxygen atoms in total. The Morgan fingerprint density at radius 1 is 1.06 bits per heavy atom. The third kappa shape index (κ3) is 5.65. The zero-order chi connectivity index (χ0) is 25.2. The normalized spacial score (nSPS) is 17.0. The van der Waals surface area contributed by atoms with Crippen molar-refractivity contribution >= 4 is 16.0 Å². The van der Waals surface area contributed by atoms with Gasteiger partial charge in [0.05, 0.1) is 23.6 Å². The Bertz CT molecular complexity index is 1280. The molecule has 2 heterocycles. The summed E-state index contributed by atoms with van der Waals surface area (Å²) in [6.07, 6.45) is 1.66. The molecule has 1 atom stereocenters. The molecule has 0 radical (unpaired) electrons. The zero-order valence-corrected chi connectivity index (χ0v) is 21.6. The molecule has 0 spiro atoms. The largest absolute Gasteiger partial charge is 0.460 e. The molecule has 0 bridgehead atoms. The van der Waals surface area contributed by atoms with Gasteiger partial charge in [-0.15, -0.1) is 0 Å². The molecule has 0 saturated carbocycles. The van der Waals surface area contributed by atoms with E-state index in [9.17, 15) is 13.2 Å². The molecule has 1 aliphatic rings. The van der Waals surface area contributed by atoms with Crippen LogP contribution < -0.4 is 0 Å². The van der Waals surface area contributed by atoms with Gasteiger partial charge in [-0.05, 0) is 52.7 Å². The van der Waals surface area contributed by atoms with Crippen LogP contribution in [-0.2, 0) is 32.5 Å². The smallest absolute Gasteiger partial charge is 0.310 e. The number of carbonyl (C=O) groups is 1. The third-order valence-electron chi connectivity index (χ3n) is 6.18. The lowest BCUT2D eigenvalue weighted by Gasteiger charge is -2.24. The van der Waals surface area contributed by atoms with Gasteiger partial charge in [0.25, 0.3) is 0 Å². The van der Waals surface area contributed by atoms with Crippen molar-refractivity contribution in [3.8, 4) is 11.3 Å². The second-order valence-electron chi connectivity index (χ2n) is 9.95. The Kier molecular flexibility index (Phi) is 7.15. The van der Waals surface area contributed by atoms with Gasteiger partial charge in [0.1, 0.15) is 5.60 Å². The molecular formula is C27H33N3O4S. The fraction of sp³-hybridized carbons (Fsp3) is 0.407. The molecule has 0 aliphatic carbocycles. The van der Waals surface area contributed by atoms with Gasteiger partial charge in [-0.2, -0.15) is 9.40 Å². The van der Waals surface area contributed by atoms with Crippen LogP contribution in [0.1, 0.15) is 44.9 Å². The maximum absolute atomic E-state index is 13.3. The number of nitrogens with zero attached hydrogens (tertiary/aromatic N) is 3. The highest BCUT2D eigenvalue weighted by Gasteiger charge is 2.36. The average molecular weight is 496 g/mol. The van der Waals surface area contributed by atoms with E-state index in [0.717, 1.165) is 35.4 Å². The molecular weight excluding hydrogens is 462 g/mol. The van der Waals surface area contributed by atoms with E-state index < -0.39 is 15.6 Å². The van der Waals surface area contributed by atoms with Gasteiger partial charge in [0.2, 0.25) is 10.0 Å². The van der Waals surface area contributed by atoms with E-state index in [2.05, 4.69) is 0 Å². The van der Waals surface area contributed by atoms with Crippen molar-refractivity contribution in [3.05, 3.63) is 71.9 Å². The summed E-state index contributed by atoms with van der Waals surface area (Å²) in [5.41, 5.74) is 2.71. The SMILES string of the molecule is Cc1c(CC(=O)OC(C)(C)C)c(-c2ccccc2)nn1CC1CCCN1S(=O)(=O)c1ccccc1. The van der Waals surface area contributed by atoms with Crippen LogP contribution in [0, 0.1) is 6.92 Å². The van der Waals surface area contributed by atoms with Crippen LogP contribution in [0.5, 0.6) is 0 Å². The maximum atomic E-state index is 13.3. The second kappa shape index (κ2) is 9.95. The molecule has 1 unspecified atom stereocenters. The van der Waals surface area contributed by atoms with E-state index in [1.54, 1.807) is 28.6 Å². The van der Waals surface area contributed by atoms with Crippen molar-refractivity contribution in [1.82, 2.24) is 14.1 Å². The van der Waals surface area contributed by atoms with Gasteiger partial charge in [-0.25, -0.2) is 8.42 Å². The molecule has 1 aromatic heterocycles. The summed E-state index contributed by atoms with van der Waals surface area (Å²) in [6.45, 7) is 8.39. The Morgan fingerprint density at radius 2 is 1.69 bits per heavy atom. The molecule has 35 heavy (non-hydrogen) atoms. The van der Waals surface area contributed by atoms with Crippen molar-refractivity contribution in [2.24, 2.45) is 0 Å². The summed E-state index contributed by atoms with van der Waals surface area (Å²) >= 11 is 0. The summed E-state index contributed by atoms with van der Waals surface area (Å²) in [6, 6.07) is 18.1. The van der Waals surface area contributed by atoms with Crippen molar-refractivity contribution in [2.45, 2.75) is 70.0 Å². The molecule has 3 aromatic rings. The van der Waals surface area contributed by atoms with Crippen LogP contribution in [0.2, 0.25) is 0 Å². The minimum absolute atomic E-state index is 0.101. The molecule has 1 fully saturated rings. The van der Waals surface area contributed by atoms with Gasteiger partial charge in [0, 0.05) is 29.4 Å². The molecule has 0 N–H and O–H groups in total. The van der Waals surface area contributed by atoms with Crippen LogP contribution >= 0.6 is 0 Å². The van der Waals surface area contributed by atoms with E-state index in [-0.39, 0.29) is 18.4 Å². The van der Waals surface area contributed by atoms with E-state index in [4.69, 9.17) is 9.84 Å². The standard InChI is InChI=1S/C27H33N3O4S/c1-20-24(18-25(31)34-27(2,3)4)26(21-12-7-5-8-13-21)28-29(20)19-22-14-11-17-30(22)35(32,33)23-15-9-6-10-16-23/h5-10,12-13,15-16,22H,11,14,17-19H2,1-4H3. The van der Waals surface area contributed by atoms with Crippen molar-refractivity contribution in [1.29, 1.82) is 0 Å². The summed E-state index contributed by atoms with van der Waals surface area (Å²) < 4.78 is 35.7. The first kappa shape index (κ1) is 25.1. The number of sulfonamides is 1. The quantitative estimate of drug-likeness (QED) is 0.448. The van der Waals surface area contributed by atoms with E-state index >= 15 is 0 Å². The first-order chi connectivity index (χ1) is 16.6. The Morgan fingerprint density at radius 3 is 2.31 bits per heavy atom. The van der Waals surface area contributed by atoms with Crippen LogP contribution in [0.4, 0.5) is 0 Å². The number of esters is 1. The maximum Gasteiger partial charge on any atom is 0.310 e. The first-order valence-corrected chi connectivity index (χ1v) is 13.4. The minimum Gasteiger partial charge on any atom is -0.460 e. The number of aromatic nitrogens is 2. The van der Waals surface area contributed by atoms with Crippen molar-refractivity contribution in [3.63, 3.8) is 0 Å². The summed E-state index contributed by atoms with van der Waals surface area (Å²) in [4.78, 5) is 13.0. The van der Waals surface area contributed by atoms with Crippen LogP contribution in [0.15, 0.2) is 65.6 Å². The fourth-order valence-corrected chi connectivity index (χ4v) is 6.26. The van der Waals surface area contributed by atoms with Gasteiger partial charge < -0.3 is 4.74 Å². The molecule has 186 valence electrons. The molecule has 2 aromatic carbocycles. The highest BCUT2D eigenvalue weighted by atomic mass is 32.2. The van der Waals surface area contributed by atoms with Crippen LogP contribution in [0.3, 0.4) is 0 Å². The summed E-state index contributed by atoms with van der Waals surface area (Å²) in [5, 5.41) is 4.87. The Labute approximate surface area is 207 Å². The number of rotatable bonds is 7. The highest BCUT2D eigenvalue weighted by molar-refractivity contribution is 7.89. The predicted molar refractivity (Wildman–Crippen MR) is 135 cm³/mol. The lowest BCUT2D eigenvalue weighted by molar-refractivity contribution is -0.153. The number of ether oxygens (including phenoxy) is 1. The van der Waals surface area contributed by atoms with Gasteiger partial charge >= 0.3 is 5.97 Å². The summed E-state index contributed by atoms with van der Waals surface area (Å²) in [5.74, 6) is -0.313. The fourth-order valence-electron chi connectivity index (χ4n) is 4.56. The van der Waals surface area contributed by atoms with Gasteiger partial charge in [-0.1, -0.05) is 48.5 Å². The predicted octanol–water partition coefficient (Wildman–Crippen LogP) is 4.60. The molecule has 4 rings (SSSR count). The van der Waals surface area contributed by atoms with Crippen LogP contribution in [-0.4, -0.2) is 46.7 Å². The Hall–Kier alpha value is -2.97. The first-order valence-electron chi connectivity index (χ1n) is 12.0. The molecule has 0 amide bonds. The van der Waals surface area contributed by atoms with Gasteiger partial charge in [0.15, 0.2) is 0 Å². The summed E-state index contributed by atoms with van der Waals surface area (Å²) in [7, 11) is -3.60. The zero-order valence-electron chi connectivity index (χ0n) is 20.8. The van der Waals surface area contributed by atoms with Crippen molar-refractivity contribution in [2.75, 3.05) is 6.54 Å². The lowest BCUT2D eigenvalue weighted by atomic mass is 10.0. The Balaban J connectivity index is 1.66. The molecule has 1 aliphatic heterocycles. The second-order valence-corrected chi connectivity index (χ2v) is 11.8. The van der Waals surface area contributed by atoms with E-state index in [1.807, 2.05) is 68.8 Å². The number of hydrogen-bond donors (Lipinski definition) is 0. The average Bonchev–Trinajstić information content (AvgIpc) is 3.40. The third-order valence-corrected chi connectivity index (χ3v) is 8.14. The lowest BCUT2D eigenvalue weighted by Crippen LogP contribution is -2.38. The molecule has 1 saturated heterocycles. The van der Waals surface area contributed by atoms with Crippen molar-refractivity contribution < 1.29 is 17.9 Å². The van der Waals surface area contributed by atoms with Gasteiger partial charge in [-0.3, -0.25) is 9.48 Å². The highest BCUT2D eigenvalue weighted by Crippen LogP contribution is 2.30. The van der Waals surface area contributed by atoms with E-state index in [1.165, 1.54) is 0 Å².